The number of allylic oxidation sites excluding steroid dienone is 5. The van der Waals surface area contributed by atoms with Gasteiger partial charge in [0, 0.05) is 30.5 Å². The number of carbonyl (C=O) groups is 10. The first-order chi connectivity index (χ1) is 40.9. The topological polar surface area (TPSA) is 325 Å². The van der Waals surface area contributed by atoms with Crippen molar-refractivity contribution in [3.63, 3.8) is 0 Å². The van der Waals surface area contributed by atoms with Crippen LogP contribution in [0.4, 0.5) is 0 Å². The van der Waals surface area contributed by atoms with Crippen molar-refractivity contribution in [2.45, 2.75) is 187 Å². The molecule has 2 aromatic rings. The number of carbonyl (C=O) groups excluding carboxylic acids is 10. The number of fused-ring (bicyclic) bond motifs is 5. The Morgan fingerprint density at radius 1 is 0.616 bits per heavy atom. The number of hydrogen-bond acceptors (Lipinski definition) is 14. The van der Waals surface area contributed by atoms with E-state index in [0.717, 1.165) is 28.0 Å². The quantitative estimate of drug-likeness (QED) is 0.136. The molecule has 2 bridgehead atoms. The summed E-state index contributed by atoms with van der Waals surface area (Å²) in [7, 11) is 0. The highest BCUT2D eigenvalue weighted by atomic mass is 32.1. The smallest absolute Gasteiger partial charge is 0.264 e. The third kappa shape index (κ3) is 18.1. The Hall–Kier alpha value is -6.89. The van der Waals surface area contributed by atoms with Gasteiger partial charge in [-0.3, -0.25) is 58.8 Å². The normalized spacial score (nSPS) is 25.7. The van der Waals surface area contributed by atoms with E-state index in [4.69, 9.17) is 24.1 Å². The predicted molar refractivity (Wildman–Crippen MR) is 333 cm³/mol. The number of thiol groups is 1. The van der Waals surface area contributed by atoms with Crippen molar-refractivity contribution in [1.82, 2.24) is 52.6 Å². The van der Waals surface area contributed by atoms with Crippen LogP contribution in [0.2, 0.25) is 0 Å². The minimum Gasteiger partial charge on any atom is -0.343 e. The maximum absolute atomic E-state index is 14.9. The van der Waals surface area contributed by atoms with Crippen LogP contribution in [0.25, 0.3) is 5.57 Å². The third-order valence-corrected chi connectivity index (χ3v) is 17.4. The first-order valence-electron chi connectivity index (χ1n) is 30.3. The van der Waals surface area contributed by atoms with Gasteiger partial charge in [0.2, 0.25) is 41.4 Å². The molecular formula is C62H90N12O10S2. The van der Waals surface area contributed by atoms with Gasteiger partial charge < -0.3 is 53.2 Å². The van der Waals surface area contributed by atoms with Gasteiger partial charge in [0.05, 0.1) is 4.88 Å². The number of hydrogen-bond donors (Lipinski definition) is 11. The fourth-order valence-electron chi connectivity index (χ4n) is 11.6. The Kier molecular flexibility index (Phi) is 25.5. The molecular weight excluding hydrogens is 1140 g/mol. The summed E-state index contributed by atoms with van der Waals surface area (Å²) in [4.78, 5) is 148. The first kappa shape index (κ1) is 68.2. The van der Waals surface area contributed by atoms with Gasteiger partial charge >= 0.3 is 0 Å². The molecule has 10 amide bonds. The molecule has 3 aliphatic heterocycles. The van der Waals surface area contributed by atoms with Gasteiger partial charge in [-0.15, -0.1) is 24.0 Å². The lowest BCUT2D eigenvalue weighted by atomic mass is 9.96. The summed E-state index contributed by atoms with van der Waals surface area (Å²) in [5.74, 6) is -7.26. The molecule has 0 spiro atoms. The Morgan fingerprint density at radius 3 is 1.70 bits per heavy atom. The molecule has 22 nitrogen and oxygen atoms in total. The number of benzene rings is 1. The highest BCUT2D eigenvalue weighted by Crippen LogP contribution is 2.43. The Bertz CT molecular complexity index is 2900. The molecule has 1 aromatic heterocycles. The van der Waals surface area contributed by atoms with Crippen molar-refractivity contribution in [3.05, 3.63) is 85.5 Å². The number of thiophene rings is 1. The zero-order valence-corrected chi connectivity index (χ0v) is 52.7. The van der Waals surface area contributed by atoms with Crippen molar-refractivity contribution < 1.29 is 47.9 Å². The molecule has 24 heteroatoms. The lowest BCUT2D eigenvalue weighted by Crippen LogP contribution is -2.61. The fourth-order valence-corrected chi connectivity index (χ4v) is 12.8. The van der Waals surface area contributed by atoms with Gasteiger partial charge in [0.25, 0.3) is 17.7 Å². The van der Waals surface area contributed by atoms with Crippen LogP contribution in [0.1, 0.15) is 151 Å². The van der Waals surface area contributed by atoms with Gasteiger partial charge in [-0.2, -0.15) is 0 Å². The number of nitrogens with two attached hydrogens (primary N) is 2. The maximum Gasteiger partial charge on any atom is 0.264 e. The number of nitrogens with one attached hydrogen (secondary N) is 8. The van der Waals surface area contributed by atoms with Crippen LogP contribution in [-0.2, 0) is 49.6 Å². The van der Waals surface area contributed by atoms with Crippen LogP contribution >= 0.6 is 24.0 Å². The number of hydrazine groups is 1. The molecule has 2 saturated heterocycles. The van der Waals surface area contributed by atoms with Crippen molar-refractivity contribution >= 4 is 88.6 Å². The monoisotopic (exact) mass is 1230 g/mol. The molecule has 0 radical (unpaired) electrons. The Morgan fingerprint density at radius 2 is 1.14 bits per heavy atom. The second kappa shape index (κ2) is 32.2. The van der Waals surface area contributed by atoms with E-state index < -0.39 is 113 Å². The zero-order valence-electron chi connectivity index (χ0n) is 51.0. The summed E-state index contributed by atoms with van der Waals surface area (Å²) in [6.45, 7) is 15.3. The van der Waals surface area contributed by atoms with Gasteiger partial charge in [-0.25, -0.2) is 0 Å². The fraction of sp³-hybridized carbons (Fsp3) is 0.581. The van der Waals surface area contributed by atoms with E-state index in [2.05, 4.69) is 42.8 Å². The highest BCUT2D eigenvalue weighted by molar-refractivity contribution is 7.84. The van der Waals surface area contributed by atoms with Crippen LogP contribution in [0, 0.1) is 24.7 Å². The largest absolute Gasteiger partial charge is 0.343 e. The molecule has 4 heterocycles. The lowest BCUT2D eigenvalue weighted by molar-refractivity contribution is -0.143. The van der Waals surface area contributed by atoms with E-state index >= 15 is 0 Å². The van der Waals surface area contributed by atoms with Crippen molar-refractivity contribution in [2.24, 2.45) is 29.2 Å². The SMILES string of the molecule is C/C(S)=C1/C=CC(=O)NNC(=O)[C@H](CCCN)NC(=O)[C@H](C(C)C)NC(=O)[C@@H]2CCCN2C(=O)[C@@H](Cc2ccccc2)NC(=O)[C@H](CC(C)C)NC(=O)[C@H](CCCN)NC(=O)[C@H](C(C)C)NC(=O)C2CCCN2C(=O)c2cc(c(C)s2)C2=C1CCC2. The second-order valence-electron chi connectivity index (χ2n) is 23.9. The standard InChI is InChI=1S/C62H90N12O10S2/c1-34(2)31-46-55(77)68-47(32-39-17-10-9-11-18-39)61(83)73-29-15-23-48(73)57(79)69-53(36(5)6)60(82)66-45(22-14-28-64)56(78)72-71-51(75)26-25-40(37(7)85)41-19-12-20-42(41)43-33-50(86-38(43)8)62(84)74-30-16-24-49(74)58(80)70-52(35(3)4)59(81)65-44(21-13-27-63)54(76)67-46/h9-11,17-18,25-26,33-36,44-49,52-53,85H,12-16,19-24,27-32,63-64H2,1-8H3,(H,65,81)(H,66,82)(H,67,76)(H,68,77)(H,69,79)(H,70,80)(H,71,75)(H,72,78)/b26-25?,40-37+/t44-,45-,46-,47+,48-,49?,52-,53-/m0/s1. The van der Waals surface area contributed by atoms with Gasteiger partial charge in [-0.1, -0.05) is 71.9 Å². The predicted octanol–water partition coefficient (Wildman–Crippen LogP) is 3.50. The molecule has 2 fully saturated rings. The van der Waals surface area contributed by atoms with E-state index in [1.54, 1.807) is 65.0 Å². The molecule has 1 aliphatic carbocycles. The van der Waals surface area contributed by atoms with E-state index in [9.17, 15) is 47.9 Å². The number of rotatable bonds is 12. The number of aryl methyl sites for hydroxylation is 1. The van der Waals surface area contributed by atoms with Gasteiger partial charge in [0.15, 0.2) is 0 Å². The second-order valence-corrected chi connectivity index (χ2v) is 25.9. The van der Waals surface area contributed by atoms with E-state index in [1.165, 1.54) is 27.2 Å². The third-order valence-electron chi connectivity index (χ3n) is 16.1. The molecule has 1 unspecified atom stereocenters. The number of amides is 10. The highest BCUT2D eigenvalue weighted by Gasteiger charge is 2.42. The maximum atomic E-state index is 14.9. The average molecular weight is 1230 g/mol. The van der Waals surface area contributed by atoms with E-state index in [1.807, 2.05) is 32.9 Å². The average Bonchev–Trinajstić information content (AvgIpc) is 1.93. The van der Waals surface area contributed by atoms with Crippen LogP contribution in [-0.4, -0.2) is 143 Å². The minimum absolute atomic E-state index is 0.0179. The molecule has 8 atom stereocenters. The summed E-state index contributed by atoms with van der Waals surface area (Å²) < 4.78 is 0. The summed E-state index contributed by atoms with van der Waals surface area (Å²) in [6.07, 6.45) is 7.56. The van der Waals surface area contributed by atoms with Gasteiger partial charge in [-0.05, 0) is 167 Å². The molecule has 4 aliphatic rings. The molecule has 12 N–H and O–H groups in total. The van der Waals surface area contributed by atoms with Crippen LogP contribution in [0.5, 0.6) is 0 Å². The number of nitrogens with zero attached hydrogens (tertiary/aromatic N) is 2. The lowest BCUT2D eigenvalue weighted by Gasteiger charge is -2.32. The molecule has 1 aromatic carbocycles. The first-order valence-corrected chi connectivity index (χ1v) is 31.6. The van der Waals surface area contributed by atoms with E-state index in [-0.39, 0.29) is 63.6 Å². The molecule has 6 rings (SSSR count). The van der Waals surface area contributed by atoms with Crippen molar-refractivity contribution in [3.8, 4) is 0 Å². The van der Waals surface area contributed by atoms with Crippen LogP contribution < -0.4 is 54.2 Å². The van der Waals surface area contributed by atoms with Crippen LogP contribution in [0.3, 0.4) is 0 Å². The van der Waals surface area contributed by atoms with Gasteiger partial charge in [0.1, 0.15) is 48.3 Å². The summed E-state index contributed by atoms with van der Waals surface area (Å²) in [5.41, 5.74) is 20.8. The Balaban J connectivity index is 1.37. The van der Waals surface area contributed by atoms with Crippen molar-refractivity contribution in [2.75, 3.05) is 26.2 Å². The minimum atomic E-state index is -1.23. The molecule has 86 heavy (non-hydrogen) atoms. The van der Waals surface area contributed by atoms with Crippen molar-refractivity contribution in [1.29, 1.82) is 0 Å². The summed E-state index contributed by atoms with van der Waals surface area (Å²) in [6, 6.07) is 1.77. The zero-order chi connectivity index (χ0) is 62.9. The summed E-state index contributed by atoms with van der Waals surface area (Å²) >= 11 is 6.04. The molecule has 470 valence electrons. The molecule has 0 saturated carbocycles. The Labute approximate surface area is 514 Å². The van der Waals surface area contributed by atoms with E-state index in [0.29, 0.717) is 72.4 Å². The summed E-state index contributed by atoms with van der Waals surface area (Å²) in [5, 5.41) is 17.1. The van der Waals surface area contributed by atoms with Crippen LogP contribution in [0.15, 0.2) is 64.6 Å².